The van der Waals surface area contributed by atoms with Crippen LogP contribution in [0.3, 0.4) is 0 Å². The molecule has 1 saturated heterocycles. The second-order valence-corrected chi connectivity index (χ2v) is 9.97. The Labute approximate surface area is 199 Å². The number of halogens is 1. The Bertz CT molecular complexity index is 1090. The molecule has 1 fully saturated rings. The smallest absolute Gasteiger partial charge is 0.309 e. The van der Waals surface area contributed by atoms with Crippen LogP contribution in [0.4, 0.5) is 4.39 Å². The number of amides is 2. The molecule has 0 saturated carbocycles. The molecule has 1 atom stereocenters. The van der Waals surface area contributed by atoms with Gasteiger partial charge in [0, 0.05) is 25.7 Å². The van der Waals surface area contributed by atoms with Gasteiger partial charge in [-0.1, -0.05) is 24.6 Å². The highest BCUT2D eigenvalue weighted by molar-refractivity contribution is 7.89. The lowest BCUT2D eigenvalue weighted by Crippen LogP contribution is -2.46. The van der Waals surface area contributed by atoms with Crippen LogP contribution in [-0.2, 0) is 26.0 Å². The summed E-state index contributed by atoms with van der Waals surface area (Å²) in [5.74, 6) is -1.29. The molecule has 1 aliphatic heterocycles. The van der Waals surface area contributed by atoms with Crippen LogP contribution in [0.2, 0.25) is 0 Å². The molecular weight excluding hydrogens is 461 g/mol. The van der Waals surface area contributed by atoms with Crippen molar-refractivity contribution in [1.29, 1.82) is 0 Å². The average Bonchev–Trinajstić information content (AvgIpc) is 2.84. The third kappa shape index (κ3) is 6.54. The van der Waals surface area contributed by atoms with E-state index >= 15 is 0 Å². The maximum atomic E-state index is 13.2. The molecule has 184 valence electrons. The summed E-state index contributed by atoms with van der Waals surface area (Å²) in [6.07, 6.45) is 3.15. The lowest BCUT2D eigenvalue weighted by molar-refractivity contribution is -0.139. The molecule has 2 aromatic carbocycles. The van der Waals surface area contributed by atoms with E-state index in [1.54, 1.807) is 7.11 Å². The van der Waals surface area contributed by atoms with E-state index in [1.807, 2.05) is 24.3 Å². The minimum absolute atomic E-state index is 0.0410. The van der Waals surface area contributed by atoms with Gasteiger partial charge in [0.25, 0.3) is 0 Å². The van der Waals surface area contributed by atoms with E-state index in [0.29, 0.717) is 31.6 Å². The highest BCUT2D eigenvalue weighted by Gasteiger charge is 2.33. The Kier molecular flexibility index (Phi) is 9.00. The first-order chi connectivity index (χ1) is 16.3. The molecule has 1 unspecified atom stereocenters. The average molecular weight is 492 g/mol. The van der Waals surface area contributed by atoms with E-state index in [4.69, 9.17) is 4.74 Å². The van der Waals surface area contributed by atoms with Gasteiger partial charge in [0.2, 0.25) is 10.0 Å². The number of nitrogens with one attached hydrogen (secondary N) is 2. The number of rotatable bonds is 9. The predicted octanol–water partition coefficient (Wildman–Crippen LogP) is 2.24. The Balaban J connectivity index is 1.48. The number of carbonyl (C=O) groups excluding carboxylic acids is 2. The van der Waals surface area contributed by atoms with Crippen molar-refractivity contribution in [3.63, 3.8) is 0 Å². The van der Waals surface area contributed by atoms with Crippen molar-refractivity contribution in [2.24, 2.45) is 0 Å². The zero-order chi connectivity index (χ0) is 24.6. The van der Waals surface area contributed by atoms with Gasteiger partial charge in [-0.3, -0.25) is 9.59 Å². The number of carbonyl (C=O) groups is 2. The first-order valence-electron chi connectivity index (χ1n) is 11.3. The Morgan fingerprint density at radius 2 is 1.71 bits per heavy atom. The summed E-state index contributed by atoms with van der Waals surface area (Å²) >= 11 is 0. The minimum atomic E-state index is -3.77. The third-order valence-electron chi connectivity index (χ3n) is 5.84. The molecule has 0 spiro atoms. The summed E-state index contributed by atoms with van der Waals surface area (Å²) in [5, 5.41) is 5.16. The highest BCUT2D eigenvalue weighted by atomic mass is 32.2. The second kappa shape index (κ2) is 11.9. The van der Waals surface area contributed by atoms with Gasteiger partial charge in [0.1, 0.15) is 11.6 Å². The molecule has 0 bridgehead atoms. The number of piperidine rings is 1. The molecule has 34 heavy (non-hydrogen) atoms. The van der Waals surface area contributed by atoms with E-state index < -0.39 is 27.7 Å². The largest absolute Gasteiger partial charge is 0.496 e. The van der Waals surface area contributed by atoms with Crippen LogP contribution >= 0.6 is 0 Å². The normalized spacial score (nSPS) is 16.6. The monoisotopic (exact) mass is 491 g/mol. The Morgan fingerprint density at radius 1 is 1.03 bits per heavy atom. The van der Waals surface area contributed by atoms with E-state index in [0.717, 1.165) is 30.5 Å². The van der Waals surface area contributed by atoms with Gasteiger partial charge in [0.05, 0.1) is 12.0 Å². The van der Waals surface area contributed by atoms with Gasteiger partial charge in [-0.05, 0) is 61.6 Å². The molecule has 2 aromatic rings. The molecule has 1 aliphatic rings. The lowest BCUT2D eigenvalue weighted by atomic mass is 10.0. The van der Waals surface area contributed by atoms with Gasteiger partial charge in [0.15, 0.2) is 0 Å². The van der Waals surface area contributed by atoms with Crippen molar-refractivity contribution in [1.82, 2.24) is 14.9 Å². The summed E-state index contributed by atoms with van der Waals surface area (Å²) < 4.78 is 46.0. The second-order valence-electron chi connectivity index (χ2n) is 8.08. The van der Waals surface area contributed by atoms with Crippen LogP contribution in [0.1, 0.15) is 31.2 Å². The van der Waals surface area contributed by atoms with Crippen LogP contribution < -0.4 is 15.4 Å². The first-order valence-corrected chi connectivity index (χ1v) is 12.7. The Hall–Kier alpha value is -2.98. The number of ether oxygens (including phenoxy) is 1. The number of hydrogen-bond donors (Lipinski definition) is 2. The van der Waals surface area contributed by atoms with Crippen LogP contribution in [0.15, 0.2) is 53.4 Å². The van der Waals surface area contributed by atoms with Gasteiger partial charge >= 0.3 is 11.8 Å². The molecule has 10 heteroatoms. The maximum absolute atomic E-state index is 13.2. The quantitative estimate of drug-likeness (QED) is 0.524. The van der Waals surface area contributed by atoms with Gasteiger partial charge in [-0.15, -0.1) is 0 Å². The molecule has 3 rings (SSSR count). The summed E-state index contributed by atoms with van der Waals surface area (Å²) in [5.41, 5.74) is 0.922. The molecule has 2 N–H and O–H groups in total. The van der Waals surface area contributed by atoms with Crippen LogP contribution in [0.25, 0.3) is 0 Å². The summed E-state index contributed by atoms with van der Waals surface area (Å²) in [4.78, 5) is 24.3. The summed E-state index contributed by atoms with van der Waals surface area (Å²) in [7, 11) is -2.20. The van der Waals surface area contributed by atoms with Crippen molar-refractivity contribution in [3.8, 4) is 5.75 Å². The first kappa shape index (κ1) is 25.6. The van der Waals surface area contributed by atoms with Gasteiger partial charge in [-0.2, -0.15) is 4.31 Å². The molecule has 2 amide bonds. The lowest BCUT2D eigenvalue weighted by Gasteiger charge is -2.34. The fourth-order valence-corrected chi connectivity index (χ4v) is 5.78. The van der Waals surface area contributed by atoms with E-state index in [-0.39, 0.29) is 24.0 Å². The molecule has 0 aliphatic carbocycles. The van der Waals surface area contributed by atoms with Gasteiger partial charge < -0.3 is 15.4 Å². The van der Waals surface area contributed by atoms with E-state index in [9.17, 15) is 22.4 Å². The number of methoxy groups -OCH3 is 1. The van der Waals surface area contributed by atoms with Crippen molar-refractivity contribution in [2.75, 3.05) is 26.7 Å². The maximum Gasteiger partial charge on any atom is 0.309 e. The fourth-order valence-electron chi connectivity index (χ4n) is 4.05. The Morgan fingerprint density at radius 3 is 2.41 bits per heavy atom. The molecule has 1 heterocycles. The highest BCUT2D eigenvalue weighted by Crippen LogP contribution is 2.27. The fraction of sp³-hybridized carbons (Fsp3) is 0.417. The topological polar surface area (TPSA) is 105 Å². The summed E-state index contributed by atoms with van der Waals surface area (Å²) in [6.45, 7) is 0.805. The van der Waals surface area contributed by atoms with Crippen molar-refractivity contribution < 1.29 is 27.1 Å². The zero-order valence-corrected chi connectivity index (χ0v) is 19.9. The zero-order valence-electron chi connectivity index (χ0n) is 19.1. The molecule has 0 radical (unpaired) electrons. The third-order valence-corrected chi connectivity index (χ3v) is 7.80. The van der Waals surface area contributed by atoms with Crippen LogP contribution in [0.5, 0.6) is 5.75 Å². The molecule has 8 nitrogen and oxygen atoms in total. The van der Waals surface area contributed by atoms with Crippen molar-refractivity contribution >= 4 is 21.8 Å². The number of para-hydroxylation sites is 1. The summed E-state index contributed by atoms with van der Waals surface area (Å²) in [6, 6.07) is 11.9. The number of benzene rings is 2. The van der Waals surface area contributed by atoms with Crippen molar-refractivity contribution in [3.05, 3.63) is 59.9 Å². The number of sulfonamides is 1. The standard InChI is InChI=1S/C24H30FN3O5S/c1-33-22-8-3-2-6-18(22)13-15-26-23(29)24(30)27-16-14-20-7-4-5-17-28(20)34(31,32)21-11-9-19(25)10-12-21/h2-3,6,8-12,20H,4-5,7,13-17H2,1H3,(H,26,29)(H,27,30). The molecule has 0 aromatic heterocycles. The molecular formula is C24H30FN3O5S. The van der Waals surface area contributed by atoms with E-state index in [1.165, 1.54) is 16.4 Å². The van der Waals surface area contributed by atoms with Crippen LogP contribution in [-0.4, -0.2) is 57.3 Å². The van der Waals surface area contributed by atoms with Gasteiger partial charge in [-0.25, -0.2) is 12.8 Å². The van der Waals surface area contributed by atoms with E-state index in [2.05, 4.69) is 10.6 Å². The minimum Gasteiger partial charge on any atom is -0.496 e. The SMILES string of the molecule is COc1ccccc1CCNC(=O)C(=O)NCCC1CCCCN1S(=O)(=O)c1ccc(F)cc1. The predicted molar refractivity (Wildman–Crippen MR) is 125 cm³/mol. The van der Waals surface area contributed by atoms with Crippen LogP contribution in [0, 0.1) is 5.82 Å². The number of nitrogens with zero attached hydrogens (tertiary/aromatic N) is 1. The van der Waals surface area contributed by atoms with Crippen molar-refractivity contribution in [2.45, 2.75) is 43.0 Å². The number of hydrogen-bond acceptors (Lipinski definition) is 5.